The number of hydrogen-bond donors (Lipinski definition) is 1. The molecule has 7 heteroatoms. The second kappa shape index (κ2) is 6.01. The van der Waals surface area contributed by atoms with E-state index in [-0.39, 0.29) is 12.2 Å². The average Bonchev–Trinajstić information content (AvgIpc) is 2.89. The summed E-state index contributed by atoms with van der Waals surface area (Å²) in [6, 6.07) is 0. The largest absolute Gasteiger partial charge is 0.375 e. The number of rotatable bonds is 3. The Morgan fingerprint density at radius 2 is 2.33 bits per heavy atom. The van der Waals surface area contributed by atoms with Crippen LogP contribution in [0.1, 0.15) is 17.8 Å². The fourth-order valence-corrected chi connectivity index (χ4v) is 2.90. The van der Waals surface area contributed by atoms with E-state index < -0.39 is 0 Å². The fraction of sp³-hybridized carbons (Fsp3) is 0.818. The SMILES string of the molecule is C1COC(Cc2nc(C3CSCCO3)no2)CN1. The van der Waals surface area contributed by atoms with Gasteiger partial charge in [-0.25, -0.2) is 0 Å². The Bertz CT molecular complexity index is 375. The highest BCUT2D eigenvalue weighted by atomic mass is 32.2. The van der Waals surface area contributed by atoms with Crippen LogP contribution in [0.15, 0.2) is 4.52 Å². The molecule has 6 nitrogen and oxygen atoms in total. The Labute approximate surface area is 110 Å². The van der Waals surface area contributed by atoms with Gasteiger partial charge in [-0.1, -0.05) is 5.16 Å². The normalized spacial score (nSPS) is 29.3. The Hall–Kier alpha value is -0.630. The van der Waals surface area contributed by atoms with Gasteiger partial charge in [0.05, 0.1) is 25.7 Å². The number of nitrogens with one attached hydrogen (secondary N) is 1. The van der Waals surface area contributed by atoms with Gasteiger partial charge in [-0.15, -0.1) is 0 Å². The molecule has 1 N–H and O–H groups in total. The maximum atomic E-state index is 5.62. The molecule has 1 aromatic rings. The monoisotopic (exact) mass is 271 g/mol. The molecule has 100 valence electrons. The molecule has 2 saturated heterocycles. The summed E-state index contributed by atoms with van der Waals surface area (Å²) in [6.07, 6.45) is 0.778. The number of nitrogens with zero attached hydrogens (tertiary/aromatic N) is 2. The molecule has 0 saturated carbocycles. The van der Waals surface area contributed by atoms with E-state index in [0.29, 0.717) is 18.1 Å². The van der Waals surface area contributed by atoms with Gasteiger partial charge < -0.3 is 19.3 Å². The molecule has 2 aliphatic rings. The van der Waals surface area contributed by atoms with Crippen molar-refractivity contribution >= 4 is 11.8 Å². The molecule has 2 aliphatic heterocycles. The van der Waals surface area contributed by atoms with Crippen LogP contribution >= 0.6 is 11.8 Å². The zero-order valence-electron chi connectivity index (χ0n) is 10.1. The number of aromatic nitrogens is 2. The fourth-order valence-electron chi connectivity index (χ4n) is 2.06. The van der Waals surface area contributed by atoms with E-state index >= 15 is 0 Å². The molecule has 0 amide bonds. The topological polar surface area (TPSA) is 69.4 Å². The molecule has 0 aromatic carbocycles. The second-order valence-electron chi connectivity index (χ2n) is 4.38. The molecule has 3 rings (SSSR count). The van der Waals surface area contributed by atoms with Crippen LogP contribution in [-0.2, 0) is 15.9 Å². The molecule has 1 aromatic heterocycles. The third-order valence-electron chi connectivity index (χ3n) is 2.99. The van der Waals surface area contributed by atoms with Crippen molar-refractivity contribution in [3.63, 3.8) is 0 Å². The quantitative estimate of drug-likeness (QED) is 0.853. The molecular formula is C11H17N3O3S. The van der Waals surface area contributed by atoms with Crippen molar-refractivity contribution in [2.45, 2.75) is 18.6 Å². The maximum Gasteiger partial charge on any atom is 0.229 e. The number of thioether (sulfide) groups is 1. The first-order valence-corrected chi connectivity index (χ1v) is 7.41. The van der Waals surface area contributed by atoms with Gasteiger partial charge in [0.1, 0.15) is 6.10 Å². The van der Waals surface area contributed by atoms with Crippen LogP contribution in [-0.4, -0.2) is 54.1 Å². The van der Waals surface area contributed by atoms with Gasteiger partial charge in [0.25, 0.3) is 0 Å². The lowest BCUT2D eigenvalue weighted by Crippen LogP contribution is -2.39. The van der Waals surface area contributed by atoms with Gasteiger partial charge in [0.15, 0.2) is 0 Å². The first-order chi connectivity index (χ1) is 8.92. The van der Waals surface area contributed by atoms with E-state index in [1.54, 1.807) is 0 Å². The van der Waals surface area contributed by atoms with E-state index in [0.717, 1.165) is 37.8 Å². The van der Waals surface area contributed by atoms with Crippen molar-refractivity contribution in [3.8, 4) is 0 Å². The highest BCUT2D eigenvalue weighted by Crippen LogP contribution is 2.24. The highest BCUT2D eigenvalue weighted by molar-refractivity contribution is 7.99. The van der Waals surface area contributed by atoms with Crippen LogP contribution in [0.25, 0.3) is 0 Å². The van der Waals surface area contributed by atoms with Gasteiger partial charge in [-0.2, -0.15) is 16.7 Å². The van der Waals surface area contributed by atoms with E-state index in [4.69, 9.17) is 14.0 Å². The molecule has 0 bridgehead atoms. The van der Waals surface area contributed by atoms with Gasteiger partial charge in [-0.05, 0) is 0 Å². The summed E-state index contributed by atoms with van der Waals surface area (Å²) < 4.78 is 16.5. The zero-order valence-corrected chi connectivity index (χ0v) is 10.9. The summed E-state index contributed by atoms with van der Waals surface area (Å²) in [7, 11) is 0. The molecule has 2 unspecified atom stereocenters. The van der Waals surface area contributed by atoms with E-state index in [1.807, 2.05) is 11.8 Å². The third kappa shape index (κ3) is 3.03. The van der Waals surface area contributed by atoms with Gasteiger partial charge in [0, 0.05) is 24.6 Å². The van der Waals surface area contributed by atoms with Crippen LogP contribution < -0.4 is 5.32 Å². The molecule has 18 heavy (non-hydrogen) atoms. The minimum absolute atomic E-state index is 0.0216. The van der Waals surface area contributed by atoms with E-state index in [9.17, 15) is 0 Å². The molecule has 0 radical (unpaired) electrons. The van der Waals surface area contributed by atoms with Gasteiger partial charge in [0.2, 0.25) is 11.7 Å². The average molecular weight is 271 g/mol. The number of hydrogen-bond acceptors (Lipinski definition) is 7. The van der Waals surface area contributed by atoms with Crippen molar-refractivity contribution < 1.29 is 14.0 Å². The summed E-state index contributed by atoms with van der Waals surface area (Å²) in [5, 5.41) is 7.29. The van der Waals surface area contributed by atoms with Crippen molar-refractivity contribution in [1.29, 1.82) is 0 Å². The number of ether oxygens (including phenoxy) is 2. The molecular weight excluding hydrogens is 254 g/mol. The summed E-state index contributed by atoms with van der Waals surface area (Å²) in [5.74, 6) is 3.25. The smallest absolute Gasteiger partial charge is 0.229 e. The predicted octanol–water partition coefficient (Wildman–Crippen LogP) is 0.405. The van der Waals surface area contributed by atoms with Crippen molar-refractivity contribution in [2.75, 3.05) is 37.8 Å². The van der Waals surface area contributed by atoms with Crippen LogP contribution in [0, 0.1) is 0 Å². The van der Waals surface area contributed by atoms with Crippen LogP contribution in [0.5, 0.6) is 0 Å². The Morgan fingerprint density at radius 3 is 3.11 bits per heavy atom. The zero-order chi connectivity index (χ0) is 12.2. The van der Waals surface area contributed by atoms with Crippen molar-refractivity contribution in [1.82, 2.24) is 15.5 Å². The molecule has 0 spiro atoms. The van der Waals surface area contributed by atoms with E-state index in [2.05, 4.69) is 15.5 Å². The maximum absolute atomic E-state index is 5.62. The standard InChI is InChI=1S/C11H17N3O3S/c1-2-15-8(6-12-1)5-10-13-11(14-17-10)9-7-18-4-3-16-9/h8-9,12H,1-7H2. The van der Waals surface area contributed by atoms with Gasteiger partial charge in [-0.3, -0.25) is 0 Å². The lowest BCUT2D eigenvalue weighted by Gasteiger charge is -2.22. The summed E-state index contributed by atoms with van der Waals surface area (Å²) in [4.78, 5) is 4.40. The van der Waals surface area contributed by atoms with Crippen LogP contribution in [0.2, 0.25) is 0 Å². The third-order valence-corrected chi connectivity index (χ3v) is 3.99. The lowest BCUT2D eigenvalue weighted by molar-refractivity contribution is 0.0246. The van der Waals surface area contributed by atoms with Crippen molar-refractivity contribution in [3.05, 3.63) is 11.7 Å². The van der Waals surface area contributed by atoms with Crippen LogP contribution in [0.3, 0.4) is 0 Å². The molecule has 3 heterocycles. The number of morpholine rings is 1. The highest BCUT2D eigenvalue weighted by Gasteiger charge is 2.23. The summed E-state index contributed by atoms with van der Waals surface area (Å²) in [5.41, 5.74) is 0. The minimum Gasteiger partial charge on any atom is -0.375 e. The minimum atomic E-state index is -0.0216. The first kappa shape index (κ1) is 12.4. The second-order valence-corrected chi connectivity index (χ2v) is 5.53. The van der Waals surface area contributed by atoms with E-state index in [1.165, 1.54) is 0 Å². The van der Waals surface area contributed by atoms with Crippen LogP contribution in [0.4, 0.5) is 0 Å². The Balaban J connectivity index is 1.58. The molecule has 0 aliphatic carbocycles. The molecule has 2 fully saturated rings. The Kier molecular flexibility index (Phi) is 4.14. The summed E-state index contributed by atoms with van der Waals surface area (Å²) >= 11 is 1.86. The molecule has 2 atom stereocenters. The van der Waals surface area contributed by atoms with Crippen molar-refractivity contribution in [2.24, 2.45) is 0 Å². The predicted molar refractivity (Wildman–Crippen MR) is 66.6 cm³/mol. The summed E-state index contributed by atoms with van der Waals surface area (Å²) in [6.45, 7) is 3.26. The first-order valence-electron chi connectivity index (χ1n) is 6.26. The Morgan fingerprint density at radius 1 is 1.33 bits per heavy atom. The lowest BCUT2D eigenvalue weighted by atomic mass is 10.2. The van der Waals surface area contributed by atoms with Gasteiger partial charge >= 0.3 is 0 Å².